The molecule has 4 heterocycles. The van der Waals surface area contributed by atoms with E-state index in [0.29, 0.717) is 0 Å². The van der Waals surface area contributed by atoms with Crippen molar-refractivity contribution in [3.05, 3.63) is 308 Å². The van der Waals surface area contributed by atoms with Gasteiger partial charge in [-0.25, -0.2) is 0 Å². The van der Waals surface area contributed by atoms with Crippen molar-refractivity contribution in [1.29, 1.82) is 0 Å². The van der Waals surface area contributed by atoms with Crippen LogP contribution in [0.3, 0.4) is 0 Å². The first-order valence-electron chi connectivity index (χ1n) is 32.0. The number of benzene rings is 13. The van der Waals surface area contributed by atoms with Gasteiger partial charge in [-0.1, -0.05) is 266 Å². The monoisotopic (exact) mass is 1170 g/mol. The van der Waals surface area contributed by atoms with Crippen LogP contribution in [0.5, 0.6) is 0 Å². The van der Waals surface area contributed by atoms with Crippen LogP contribution in [0.15, 0.2) is 297 Å². The van der Waals surface area contributed by atoms with Gasteiger partial charge in [-0.2, -0.15) is 0 Å². The highest BCUT2D eigenvalue weighted by Gasteiger charge is 2.44. The largest absolute Gasteiger partial charge is 0.311 e. The molecule has 17 rings (SSSR count). The van der Waals surface area contributed by atoms with Crippen LogP contribution in [0, 0.1) is 0 Å². The predicted molar refractivity (Wildman–Crippen MR) is 388 cm³/mol. The van der Waals surface area contributed by atoms with Crippen molar-refractivity contribution in [3.8, 4) is 55.9 Å². The first-order valence-corrected chi connectivity index (χ1v) is 32.0. The van der Waals surface area contributed by atoms with Gasteiger partial charge in [0.05, 0.1) is 44.8 Å². The van der Waals surface area contributed by atoms with Crippen LogP contribution in [-0.2, 0) is 10.8 Å². The molecule has 2 aliphatic rings. The van der Waals surface area contributed by atoms with Crippen LogP contribution in [0.1, 0.15) is 52.7 Å². The van der Waals surface area contributed by atoms with E-state index in [0.717, 1.165) is 67.8 Å². The maximum atomic E-state index is 2.62. The van der Waals surface area contributed by atoms with Crippen LogP contribution in [0.25, 0.3) is 99.5 Å². The zero-order chi connectivity index (χ0) is 61.3. The number of fused-ring (bicyclic) bond motifs is 10. The lowest BCUT2D eigenvalue weighted by atomic mass is 9.33. The molecule has 434 valence electrons. The van der Waals surface area contributed by atoms with E-state index in [2.05, 4.69) is 358 Å². The van der Waals surface area contributed by atoms with E-state index in [9.17, 15) is 0 Å². The third-order valence-corrected chi connectivity index (χ3v) is 19.4. The van der Waals surface area contributed by atoms with Gasteiger partial charge in [-0.15, -0.1) is 0 Å². The highest BCUT2D eigenvalue weighted by Crippen LogP contribution is 2.51. The van der Waals surface area contributed by atoms with E-state index in [1.165, 1.54) is 93.4 Å². The van der Waals surface area contributed by atoms with Gasteiger partial charge in [0.25, 0.3) is 6.71 Å². The van der Waals surface area contributed by atoms with E-state index < -0.39 is 0 Å². The molecule has 91 heavy (non-hydrogen) atoms. The standard InChI is InChI=1S/C86H67BN4/c1-85(2,3)68-38-17-7-30-60(68)62-32-11-21-42-74(62)90-80-48-27-49-81-84(80)87(70-52-50-56(54-82(70)90)58-28-9-19-40-72(58)88-76-44-23-13-34-64(76)65-35-14-24-45-77(65)88)71-53-51-57(55-83(71)91(81)75-43-22-12-33-63(75)61-31-8-18-39-69(61)86(4,5)6)59-29-10-20-41-73(59)89-78-46-25-15-36-66(78)67-37-16-26-47-79(67)89/h7-55H,1-6H3. The van der Waals surface area contributed by atoms with E-state index in [1.807, 2.05) is 0 Å². The molecule has 0 bridgehead atoms. The minimum atomic E-state index is -0.144. The molecule has 0 radical (unpaired) electrons. The first kappa shape index (κ1) is 54.3. The maximum absolute atomic E-state index is 2.62. The first-order chi connectivity index (χ1) is 44.5. The Labute approximate surface area is 533 Å². The number of nitrogens with zero attached hydrogens (tertiary/aromatic N) is 4. The van der Waals surface area contributed by atoms with Crippen molar-refractivity contribution in [2.24, 2.45) is 0 Å². The summed E-state index contributed by atoms with van der Waals surface area (Å²) in [4.78, 5) is 5.23. The molecule has 0 atom stereocenters. The lowest BCUT2D eigenvalue weighted by Crippen LogP contribution is -2.61. The lowest BCUT2D eigenvalue weighted by molar-refractivity contribution is 0.591. The second kappa shape index (κ2) is 20.9. The molecule has 5 heteroatoms. The molecule has 13 aromatic carbocycles. The van der Waals surface area contributed by atoms with Gasteiger partial charge >= 0.3 is 0 Å². The second-order valence-corrected chi connectivity index (χ2v) is 26.8. The molecule has 0 saturated heterocycles. The number of para-hydroxylation sites is 8. The van der Waals surface area contributed by atoms with Crippen LogP contribution in [0.4, 0.5) is 34.1 Å². The normalized spacial score (nSPS) is 12.9. The molecule has 0 aliphatic carbocycles. The topological polar surface area (TPSA) is 16.3 Å². The molecule has 0 unspecified atom stereocenters. The fourth-order valence-electron chi connectivity index (χ4n) is 15.5. The van der Waals surface area contributed by atoms with Gasteiger partial charge in [0.1, 0.15) is 0 Å². The Hall–Kier alpha value is -10.9. The Morgan fingerprint density at radius 3 is 0.912 bits per heavy atom. The highest BCUT2D eigenvalue weighted by molar-refractivity contribution is 7.00. The third kappa shape index (κ3) is 8.51. The number of hydrogen-bond donors (Lipinski definition) is 0. The molecule has 0 saturated carbocycles. The van der Waals surface area contributed by atoms with Crippen LogP contribution >= 0.6 is 0 Å². The molecule has 4 nitrogen and oxygen atoms in total. The van der Waals surface area contributed by atoms with Gasteiger partial charge in [0.15, 0.2) is 0 Å². The molecule has 0 amide bonds. The third-order valence-electron chi connectivity index (χ3n) is 19.4. The molecular formula is C86H67BN4. The summed E-state index contributed by atoms with van der Waals surface area (Å²) in [6, 6.07) is 112. The Morgan fingerprint density at radius 1 is 0.242 bits per heavy atom. The minimum absolute atomic E-state index is 0.115. The van der Waals surface area contributed by atoms with Crippen LogP contribution in [-0.4, -0.2) is 15.8 Å². The van der Waals surface area contributed by atoms with Crippen molar-refractivity contribution in [2.75, 3.05) is 9.80 Å². The molecule has 0 fully saturated rings. The average molecular weight is 1170 g/mol. The predicted octanol–water partition coefficient (Wildman–Crippen LogP) is 21.2. The van der Waals surface area contributed by atoms with Gasteiger partial charge in [0, 0.05) is 66.5 Å². The van der Waals surface area contributed by atoms with E-state index in [1.54, 1.807) is 0 Å². The summed E-state index contributed by atoms with van der Waals surface area (Å²) in [6.07, 6.45) is 0. The van der Waals surface area contributed by atoms with Gasteiger partial charge in [0.2, 0.25) is 0 Å². The SMILES string of the molecule is CC(C)(C)c1ccccc1-c1ccccc1N1c2cc(-c3ccccc3-n3c4ccccc4c4ccccc43)ccc2B2c3ccc(-c4ccccc4-n4c5ccccc5c5ccccc54)cc3N(c3ccccc3-c3ccccc3C(C)(C)C)c3cccc1c32. The molecular weight excluding hydrogens is 1100 g/mol. The van der Waals surface area contributed by atoms with Crippen LogP contribution in [0.2, 0.25) is 0 Å². The van der Waals surface area contributed by atoms with Crippen molar-refractivity contribution in [1.82, 2.24) is 9.13 Å². The summed E-state index contributed by atoms with van der Waals surface area (Å²) in [5.74, 6) is 0. The summed E-state index contributed by atoms with van der Waals surface area (Å²) in [5.41, 5.74) is 29.6. The summed E-state index contributed by atoms with van der Waals surface area (Å²) < 4.78 is 4.94. The molecule has 0 N–H and O–H groups in total. The van der Waals surface area contributed by atoms with Crippen molar-refractivity contribution in [2.45, 2.75) is 52.4 Å². The fraction of sp³-hybridized carbons (Fsp3) is 0.0930. The average Bonchev–Trinajstić information content (AvgIpc) is 1.24. The van der Waals surface area contributed by atoms with Gasteiger partial charge in [-0.05, 0) is 133 Å². The number of anilines is 6. The molecule has 2 aromatic heterocycles. The number of rotatable bonds is 8. The summed E-state index contributed by atoms with van der Waals surface area (Å²) >= 11 is 0. The summed E-state index contributed by atoms with van der Waals surface area (Å²) in [7, 11) is 0. The quantitative estimate of drug-likeness (QED) is 0.141. The number of hydrogen-bond acceptors (Lipinski definition) is 2. The minimum Gasteiger partial charge on any atom is -0.311 e. The van der Waals surface area contributed by atoms with Crippen molar-refractivity contribution in [3.63, 3.8) is 0 Å². The Kier molecular flexibility index (Phi) is 12.5. The Bertz CT molecular complexity index is 4990. The van der Waals surface area contributed by atoms with Gasteiger partial charge in [-0.3, -0.25) is 0 Å². The van der Waals surface area contributed by atoms with E-state index in [4.69, 9.17) is 0 Å². The smallest absolute Gasteiger partial charge is 0.252 e. The van der Waals surface area contributed by atoms with Crippen molar-refractivity contribution >= 4 is 101 Å². The Morgan fingerprint density at radius 2 is 0.538 bits per heavy atom. The zero-order valence-electron chi connectivity index (χ0n) is 52.2. The maximum Gasteiger partial charge on any atom is 0.252 e. The summed E-state index contributed by atoms with van der Waals surface area (Å²) in [6.45, 7) is 13.9. The number of aromatic nitrogens is 2. The molecule has 2 aliphatic heterocycles. The van der Waals surface area contributed by atoms with Crippen LogP contribution < -0.4 is 26.2 Å². The molecule has 15 aromatic rings. The fourth-order valence-corrected chi connectivity index (χ4v) is 15.5. The summed E-state index contributed by atoms with van der Waals surface area (Å²) in [5, 5.41) is 4.98. The van der Waals surface area contributed by atoms with E-state index >= 15 is 0 Å². The lowest BCUT2D eigenvalue weighted by Gasteiger charge is -2.45. The van der Waals surface area contributed by atoms with Gasteiger partial charge < -0.3 is 18.9 Å². The van der Waals surface area contributed by atoms with E-state index in [-0.39, 0.29) is 17.5 Å². The van der Waals surface area contributed by atoms with Crippen molar-refractivity contribution < 1.29 is 0 Å². The molecule has 0 spiro atoms. The zero-order valence-corrected chi connectivity index (χ0v) is 52.2. The second-order valence-electron chi connectivity index (χ2n) is 26.8. The highest BCUT2D eigenvalue weighted by atomic mass is 15.2. The Balaban J connectivity index is 0.950.